The number of ether oxygens (including phenoxy) is 2. The average Bonchev–Trinajstić information content (AvgIpc) is 3.19. The van der Waals surface area contributed by atoms with Gasteiger partial charge in [-0.1, -0.05) is 44.2 Å². The van der Waals surface area contributed by atoms with Crippen molar-refractivity contribution in [3.63, 3.8) is 0 Å². The second-order valence-corrected chi connectivity index (χ2v) is 14.4. The first kappa shape index (κ1) is 41.0. The molecule has 1 aromatic carbocycles. The maximum Gasteiger partial charge on any atom is 0.408 e. The minimum atomic E-state index is -0.661. The number of nitrogens with two attached hydrogens (primary N) is 1. The van der Waals surface area contributed by atoms with E-state index >= 15 is 0 Å². The summed E-state index contributed by atoms with van der Waals surface area (Å²) in [7, 11) is 1.34. The zero-order chi connectivity index (χ0) is 37.1. The molecule has 5 rings (SSSR count). The van der Waals surface area contributed by atoms with Crippen LogP contribution in [0.25, 0.3) is 0 Å². The molecule has 4 heterocycles. The van der Waals surface area contributed by atoms with E-state index in [4.69, 9.17) is 15.2 Å². The van der Waals surface area contributed by atoms with Crippen molar-refractivity contribution < 1.29 is 23.9 Å². The van der Waals surface area contributed by atoms with E-state index in [0.29, 0.717) is 18.3 Å². The van der Waals surface area contributed by atoms with Crippen LogP contribution in [0.2, 0.25) is 0 Å². The molecule has 12 nitrogen and oxygen atoms in total. The largest absolute Gasteiger partial charge is 0.467 e. The van der Waals surface area contributed by atoms with E-state index in [1.165, 1.54) is 38.6 Å². The monoisotopic (exact) mass is 721 g/mol. The van der Waals surface area contributed by atoms with Crippen molar-refractivity contribution in [2.45, 2.75) is 83.9 Å². The van der Waals surface area contributed by atoms with Gasteiger partial charge in [0.15, 0.2) is 0 Å². The number of carbonyl (C=O) groups excluding carboxylic acids is 3. The van der Waals surface area contributed by atoms with Crippen LogP contribution in [0.15, 0.2) is 54.9 Å². The Morgan fingerprint density at radius 1 is 0.808 bits per heavy atom. The van der Waals surface area contributed by atoms with Crippen molar-refractivity contribution in [2.24, 2.45) is 17.6 Å². The standard InChI is InChI=1S/C20H33N5O.C20H30N2O4/c1-2-9-23-10-5-17(6-11-23)16-19(21)20(26)25-14-12-24(13-15-25)18-3-7-22-8-4-18;1-3-11-22-12-9-16(10-13-22)14-18(19(23)25-2)21-20(24)26-15-17-7-5-4-6-8-17/h3-4,7-8,17,19H,2,5-6,9-16,21H2,1H3;4-8,16,18H,3,9-15H2,1-2H3,(H,21,24)/t19-;18-/m00/s1. The highest BCUT2D eigenvalue weighted by atomic mass is 16.6. The van der Waals surface area contributed by atoms with Crippen LogP contribution >= 0.6 is 0 Å². The Morgan fingerprint density at radius 2 is 1.37 bits per heavy atom. The predicted molar refractivity (Wildman–Crippen MR) is 205 cm³/mol. The lowest BCUT2D eigenvalue weighted by Gasteiger charge is -2.38. The number of hydrogen-bond acceptors (Lipinski definition) is 10. The first-order valence-corrected chi connectivity index (χ1v) is 19.5. The van der Waals surface area contributed by atoms with Gasteiger partial charge in [0.05, 0.1) is 13.2 Å². The lowest BCUT2D eigenvalue weighted by molar-refractivity contribution is -0.143. The number of hydrogen-bond donors (Lipinski definition) is 2. The Labute approximate surface area is 311 Å². The Morgan fingerprint density at radius 3 is 1.90 bits per heavy atom. The van der Waals surface area contributed by atoms with Crippen LogP contribution in [0.3, 0.4) is 0 Å². The van der Waals surface area contributed by atoms with E-state index in [1.807, 2.05) is 59.8 Å². The van der Waals surface area contributed by atoms with Crippen molar-refractivity contribution >= 4 is 23.7 Å². The number of nitrogens with zero attached hydrogens (tertiary/aromatic N) is 5. The molecule has 0 saturated carbocycles. The Bertz CT molecular complexity index is 1310. The number of piperidine rings is 2. The molecule has 3 aliphatic rings. The number of aromatic nitrogens is 1. The van der Waals surface area contributed by atoms with E-state index in [1.54, 1.807) is 0 Å². The van der Waals surface area contributed by atoms with E-state index in [-0.39, 0.29) is 18.6 Å². The highest BCUT2D eigenvalue weighted by molar-refractivity contribution is 5.82. The fraction of sp³-hybridized carbons (Fsp3) is 0.650. The van der Waals surface area contributed by atoms with Gasteiger partial charge < -0.3 is 40.1 Å². The molecular formula is C40H63N7O5. The average molecular weight is 722 g/mol. The number of alkyl carbamates (subject to hydrolysis) is 1. The number of pyridine rings is 1. The Balaban J connectivity index is 0.000000233. The maximum atomic E-state index is 12.7. The molecule has 2 aromatic rings. The lowest BCUT2D eigenvalue weighted by Crippen LogP contribution is -2.53. The number of amides is 2. The van der Waals surface area contributed by atoms with Gasteiger partial charge in [-0.05, 0) is 120 Å². The summed E-state index contributed by atoms with van der Waals surface area (Å²) in [4.78, 5) is 50.2. The number of esters is 1. The topological polar surface area (TPSA) is 134 Å². The molecule has 288 valence electrons. The Hall–Kier alpha value is -3.74. The second-order valence-electron chi connectivity index (χ2n) is 14.4. The third kappa shape index (κ3) is 13.7. The number of nitrogens with one attached hydrogen (secondary N) is 1. The van der Waals surface area contributed by atoms with Crippen LogP contribution in [0.5, 0.6) is 0 Å². The summed E-state index contributed by atoms with van der Waals surface area (Å²) in [6.07, 6.45) is 11.3. The zero-order valence-electron chi connectivity index (χ0n) is 31.8. The highest BCUT2D eigenvalue weighted by Crippen LogP contribution is 2.24. The number of methoxy groups -OCH3 is 1. The van der Waals surface area contributed by atoms with Crippen molar-refractivity contribution in [3.05, 3.63) is 60.4 Å². The Kier molecular flexibility index (Phi) is 17.6. The molecule has 52 heavy (non-hydrogen) atoms. The number of likely N-dealkylation sites (tertiary alicyclic amines) is 2. The van der Waals surface area contributed by atoms with E-state index in [0.717, 1.165) is 90.1 Å². The van der Waals surface area contributed by atoms with Gasteiger partial charge in [-0.25, -0.2) is 9.59 Å². The minimum absolute atomic E-state index is 0.135. The van der Waals surface area contributed by atoms with Gasteiger partial charge in [-0.2, -0.15) is 0 Å². The molecule has 3 fully saturated rings. The molecule has 2 atom stereocenters. The van der Waals surface area contributed by atoms with E-state index in [9.17, 15) is 14.4 Å². The fourth-order valence-electron chi connectivity index (χ4n) is 7.56. The number of benzene rings is 1. The van der Waals surface area contributed by atoms with Crippen LogP contribution < -0.4 is 16.0 Å². The minimum Gasteiger partial charge on any atom is -0.467 e. The summed E-state index contributed by atoms with van der Waals surface area (Å²) in [6.45, 7) is 14.5. The molecule has 2 amide bonds. The van der Waals surface area contributed by atoms with Gasteiger partial charge in [-0.3, -0.25) is 9.78 Å². The fourth-order valence-corrected chi connectivity index (χ4v) is 7.56. The summed E-state index contributed by atoms with van der Waals surface area (Å²) in [6, 6.07) is 12.5. The van der Waals surface area contributed by atoms with Gasteiger partial charge in [0, 0.05) is 44.3 Å². The summed E-state index contributed by atoms with van der Waals surface area (Å²) < 4.78 is 10.1. The van der Waals surface area contributed by atoms with Gasteiger partial charge in [0.1, 0.15) is 12.6 Å². The van der Waals surface area contributed by atoms with Crippen molar-refractivity contribution in [1.29, 1.82) is 0 Å². The summed E-state index contributed by atoms with van der Waals surface area (Å²) in [5.74, 6) is 0.717. The first-order valence-electron chi connectivity index (χ1n) is 19.5. The molecule has 0 spiro atoms. The third-order valence-electron chi connectivity index (χ3n) is 10.6. The lowest BCUT2D eigenvalue weighted by atomic mass is 9.90. The molecule has 3 N–H and O–H groups in total. The quantitative estimate of drug-likeness (QED) is 0.268. The molecule has 12 heteroatoms. The first-order chi connectivity index (χ1) is 25.3. The molecule has 1 aromatic heterocycles. The summed E-state index contributed by atoms with van der Waals surface area (Å²) >= 11 is 0. The maximum absolute atomic E-state index is 12.7. The molecule has 3 saturated heterocycles. The third-order valence-corrected chi connectivity index (χ3v) is 10.6. The van der Waals surface area contributed by atoms with Crippen LogP contribution in [-0.2, 0) is 25.7 Å². The molecule has 0 aliphatic carbocycles. The number of carbonyl (C=O) groups is 3. The predicted octanol–water partition coefficient (Wildman–Crippen LogP) is 4.54. The zero-order valence-corrected chi connectivity index (χ0v) is 31.8. The second kappa shape index (κ2) is 22.4. The van der Waals surface area contributed by atoms with Crippen molar-refractivity contribution in [3.8, 4) is 0 Å². The number of rotatable bonds is 14. The van der Waals surface area contributed by atoms with E-state index in [2.05, 4.69) is 38.8 Å². The number of piperazine rings is 1. The van der Waals surface area contributed by atoms with Crippen LogP contribution in [0.1, 0.15) is 70.8 Å². The molecule has 0 radical (unpaired) electrons. The highest BCUT2D eigenvalue weighted by Gasteiger charge is 2.30. The smallest absolute Gasteiger partial charge is 0.408 e. The van der Waals surface area contributed by atoms with Crippen LogP contribution in [-0.4, -0.2) is 122 Å². The summed E-state index contributed by atoms with van der Waals surface area (Å²) in [5.41, 5.74) is 8.37. The van der Waals surface area contributed by atoms with Gasteiger partial charge >= 0.3 is 12.1 Å². The van der Waals surface area contributed by atoms with Gasteiger partial charge in [0.2, 0.25) is 5.91 Å². The van der Waals surface area contributed by atoms with Crippen LogP contribution in [0.4, 0.5) is 10.5 Å². The van der Waals surface area contributed by atoms with Gasteiger partial charge in [-0.15, -0.1) is 0 Å². The summed E-state index contributed by atoms with van der Waals surface area (Å²) in [5, 5.41) is 2.67. The van der Waals surface area contributed by atoms with E-state index < -0.39 is 18.1 Å². The van der Waals surface area contributed by atoms with Crippen molar-refractivity contribution in [2.75, 3.05) is 77.5 Å². The van der Waals surface area contributed by atoms with Gasteiger partial charge in [0.25, 0.3) is 0 Å². The molecule has 0 bridgehead atoms. The van der Waals surface area contributed by atoms with Crippen molar-refractivity contribution in [1.82, 2.24) is 25.0 Å². The molecular weight excluding hydrogens is 658 g/mol. The normalized spacial score (nSPS) is 18.8. The SMILES string of the molecule is CCCN1CCC(C[C@H](N)C(=O)N2CCN(c3ccncc3)CC2)CC1.CCCN1CCC(C[C@H](NC(=O)OCc2ccccc2)C(=O)OC)CC1. The molecule has 0 unspecified atom stereocenters. The number of anilines is 1. The van der Waals surface area contributed by atoms with Crippen LogP contribution in [0, 0.1) is 11.8 Å². The molecule has 3 aliphatic heterocycles.